The Balaban J connectivity index is 2.00. The predicted octanol–water partition coefficient (Wildman–Crippen LogP) is 3.12. The highest BCUT2D eigenvalue weighted by molar-refractivity contribution is 14.1. The number of rotatable bonds is 2. The number of ether oxygens (including phenoxy) is 1. The summed E-state index contributed by atoms with van der Waals surface area (Å²) >= 11 is 2.33. The molecular weight excluding hydrogens is 327 g/mol. The number of benzene rings is 1. The van der Waals surface area contributed by atoms with E-state index in [1.807, 2.05) is 6.20 Å². The van der Waals surface area contributed by atoms with Crippen LogP contribution in [0.2, 0.25) is 0 Å². The van der Waals surface area contributed by atoms with E-state index >= 15 is 0 Å². The van der Waals surface area contributed by atoms with Crippen LogP contribution in [0, 0.1) is 3.57 Å². The quantitative estimate of drug-likeness (QED) is 0.786. The summed E-state index contributed by atoms with van der Waals surface area (Å²) in [5.74, 6) is 1.04. The van der Waals surface area contributed by atoms with Crippen LogP contribution in [-0.4, -0.2) is 22.8 Å². The third kappa shape index (κ3) is 2.24. The molecule has 1 fully saturated rings. The monoisotopic (exact) mass is 340 g/mol. The van der Waals surface area contributed by atoms with Crippen molar-refractivity contribution in [1.29, 1.82) is 0 Å². The highest BCUT2D eigenvalue weighted by Crippen LogP contribution is 2.26. The molecule has 0 amide bonds. The third-order valence-electron chi connectivity index (χ3n) is 3.05. The van der Waals surface area contributed by atoms with Gasteiger partial charge >= 0.3 is 0 Å². The van der Waals surface area contributed by atoms with Crippen LogP contribution in [0.4, 0.5) is 0 Å². The van der Waals surface area contributed by atoms with Crippen molar-refractivity contribution < 1.29 is 4.74 Å². The summed E-state index contributed by atoms with van der Waals surface area (Å²) in [6.07, 6.45) is 5.00. The fourth-order valence-electron chi connectivity index (χ4n) is 2.20. The summed E-state index contributed by atoms with van der Waals surface area (Å²) in [6.45, 7) is 1.65. The van der Waals surface area contributed by atoms with E-state index in [0.717, 1.165) is 25.5 Å². The lowest BCUT2D eigenvalue weighted by Crippen LogP contribution is -2.09. The molecule has 88 valence electrons. The molecule has 0 aliphatic carbocycles. The number of hydrogen-bond donors (Lipinski definition) is 0. The average Bonchev–Trinajstić information content (AvgIpc) is 3.00. The van der Waals surface area contributed by atoms with Crippen molar-refractivity contribution in [1.82, 2.24) is 9.55 Å². The van der Waals surface area contributed by atoms with Crippen LogP contribution in [0.3, 0.4) is 0 Å². The molecule has 0 bridgehead atoms. The Morgan fingerprint density at radius 1 is 1.41 bits per heavy atom. The van der Waals surface area contributed by atoms with E-state index in [9.17, 15) is 0 Å². The number of halogens is 1. The fraction of sp³-hybridized carbons (Fsp3) is 0.308. The van der Waals surface area contributed by atoms with E-state index in [4.69, 9.17) is 4.74 Å². The van der Waals surface area contributed by atoms with Crippen molar-refractivity contribution in [2.45, 2.75) is 12.5 Å². The summed E-state index contributed by atoms with van der Waals surface area (Å²) in [4.78, 5) is 4.48. The first-order valence-corrected chi connectivity index (χ1v) is 6.79. The molecule has 0 saturated carbocycles. The largest absolute Gasteiger partial charge is 0.379 e. The summed E-state index contributed by atoms with van der Waals surface area (Å²) in [7, 11) is 0. The minimum absolute atomic E-state index is 0.436. The standard InChI is InChI=1S/C13H13IN2O/c14-11-3-1-2-10(8-11)13-15-5-6-16(13)12-4-7-17-9-12/h1-3,5-6,8,12H,4,7,9H2. The lowest BCUT2D eigenvalue weighted by molar-refractivity contribution is 0.187. The average molecular weight is 340 g/mol. The first kappa shape index (κ1) is 11.2. The van der Waals surface area contributed by atoms with Crippen molar-refractivity contribution in [3.05, 3.63) is 40.2 Å². The molecule has 1 aromatic heterocycles. The molecule has 2 aromatic rings. The first-order chi connectivity index (χ1) is 8.34. The molecule has 1 unspecified atom stereocenters. The summed E-state index contributed by atoms with van der Waals surface area (Å²) in [5, 5.41) is 0. The molecule has 1 aliphatic heterocycles. The maximum atomic E-state index is 5.45. The van der Waals surface area contributed by atoms with Crippen molar-refractivity contribution >= 4 is 22.6 Å². The molecule has 1 aliphatic rings. The van der Waals surface area contributed by atoms with E-state index in [2.05, 4.69) is 62.6 Å². The first-order valence-electron chi connectivity index (χ1n) is 5.71. The predicted molar refractivity (Wildman–Crippen MR) is 74.9 cm³/mol. The van der Waals surface area contributed by atoms with Crippen LogP contribution in [-0.2, 0) is 4.74 Å². The molecule has 0 N–H and O–H groups in total. The maximum absolute atomic E-state index is 5.45. The second-order valence-electron chi connectivity index (χ2n) is 4.19. The molecule has 3 nitrogen and oxygen atoms in total. The topological polar surface area (TPSA) is 27.1 Å². The Bertz CT molecular complexity index is 518. The van der Waals surface area contributed by atoms with Crippen molar-refractivity contribution in [2.24, 2.45) is 0 Å². The molecule has 0 radical (unpaired) electrons. The Labute approximate surface area is 114 Å². The van der Waals surface area contributed by atoms with Gasteiger partial charge in [-0.2, -0.15) is 0 Å². The van der Waals surface area contributed by atoms with Crippen molar-refractivity contribution in [3.63, 3.8) is 0 Å². The van der Waals surface area contributed by atoms with Crippen LogP contribution in [0.5, 0.6) is 0 Å². The van der Waals surface area contributed by atoms with Gasteiger partial charge in [-0.05, 0) is 41.1 Å². The van der Waals surface area contributed by atoms with Gasteiger partial charge in [-0.3, -0.25) is 0 Å². The molecule has 0 spiro atoms. The minimum Gasteiger partial charge on any atom is -0.379 e. The van der Waals surface area contributed by atoms with Gasteiger partial charge in [-0.25, -0.2) is 4.98 Å². The number of imidazole rings is 1. The molecule has 3 rings (SSSR count). The fourth-order valence-corrected chi connectivity index (χ4v) is 2.74. The Morgan fingerprint density at radius 3 is 3.12 bits per heavy atom. The van der Waals surface area contributed by atoms with E-state index in [0.29, 0.717) is 6.04 Å². The molecule has 2 heterocycles. The van der Waals surface area contributed by atoms with Gasteiger partial charge in [-0.1, -0.05) is 12.1 Å². The van der Waals surface area contributed by atoms with Crippen LogP contribution in [0.1, 0.15) is 12.5 Å². The van der Waals surface area contributed by atoms with Crippen LogP contribution in [0.15, 0.2) is 36.7 Å². The number of aromatic nitrogens is 2. The number of hydrogen-bond acceptors (Lipinski definition) is 2. The lowest BCUT2D eigenvalue weighted by atomic mass is 10.2. The van der Waals surface area contributed by atoms with Gasteiger partial charge in [0.05, 0.1) is 12.6 Å². The Kier molecular flexibility index (Phi) is 3.15. The highest BCUT2D eigenvalue weighted by atomic mass is 127. The van der Waals surface area contributed by atoms with Gasteiger partial charge in [0.2, 0.25) is 0 Å². The second kappa shape index (κ2) is 4.78. The van der Waals surface area contributed by atoms with Gasteiger partial charge in [0.15, 0.2) is 0 Å². The SMILES string of the molecule is Ic1cccc(-c2nccn2C2CCOC2)c1. The van der Waals surface area contributed by atoms with Gasteiger partial charge in [0.25, 0.3) is 0 Å². The third-order valence-corrected chi connectivity index (χ3v) is 3.72. The lowest BCUT2D eigenvalue weighted by Gasteiger charge is -2.13. The zero-order valence-electron chi connectivity index (χ0n) is 9.34. The zero-order valence-corrected chi connectivity index (χ0v) is 11.5. The Morgan fingerprint density at radius 2 is 2.35 bits per heavy atom. The van der Waals surface area contributed by atoms with Crippen LogP contribution in [0.25, 0.3) is 11.4 Å². The minimum atomic E-state index is 0.436. The molecule has 4 heteroatoms. The van der Waals surface area contributed by atoms with Gasteiger partial charge in [0.1, 0.15) is 5.82 Å². The molecule has 1 aromatic carbocycles. The summed E-state index contributed by atoms with van der Waals surface area (Å²) < 4.78 is 8.91. The molecule has 1 saturated heterocycles. The van der Waals surface area contributed by atoms with Crippen molar-refractivity contribution in [2.75, 3.05) is 13.2 Å². The van der Waals surface area contributed by atoms with E-state index in [1.54, 1.807) is 0 Å². The van der Waals surface area contributed by atoms with E-state index < -0.39 is 0 Å². The molecule has 1 atom stereocenters. The van der Waals surface area contributed by atoms with E-state index in [1.165, 1.54) is 9.13 Å². The number of nitrogens with zero attached hydrogens (tertiary/aromatic N) is 2. The molecular formula is C13H13IN2O. The van der Waals surface area contributed by atoms with Gasteiger partial charge in [0, 0.05) is 28.1 Å². The van der Waals surface area contributed by atoms with Crippen molar-refractivity contribution in [3.8, 4) is 11.4 Å². The summed E-state index contributed by atoms with van der Waals surface area (Å²) in [5.41, 5.74) is 1.17. The van der Waals surface area contributed by atoms with E-state index in [-0.39, 0.29) is 0 Å². The Hall–Kier alpha value is -0.880. The molecule has 17 heavy (non-hydrogen) atoms. The second-order valence-corrected chi connectivity index (χ2v) is 5.43. The van der Waals surface area contributed by atoms with Gasteiger partial charge in [-0.15, -0.1) is 0 Å². The maximum Gasteiger partial charge on any atom is 0.140 e. The zero-order chi connectivity index (χ0) is 11.7. The normalized spacial score (nSPS) is 19.7. The van der Waals surface area contributed by atoms with Crippen LogP contribution >= 0.6 is 22.6 Å². The highest BCUT2D eigenvalue weighted by Gasteiger charge is 2.20. The van der Waals surface area contributed by atoms with Gasteiger partial charge < -0.3 is 9.30 Å². The van der Waals surface area contributed by atoms with Crippen LogP contribution < -0.4 is 0 Å². The summed E-state index contributed by atoms with van der Waals surface area (Å²) in [6, 6.07) is 8.87. The smallest absolute Gasteiger partial charge is 0.140 e.